The highest BCUT2D eigenvalue weighted by Crippen LogP contribution is 2.59. The Bertz CT molecular complexity index is 1340. The highest BCUT2D eigenvalue weighted by Gasteiger charge is 2.58. The van der Waals surface area contributed by atoms with Gasteiger partial charge in [-0.2, -0.15) is 5.10 Å². The Morgan fingerprint density at radius 3 is 2.73 bits per heavy atom. The van der Waals surface area contributed by atoms with Crippen molar-refractivity contribution in [2.75, 3.05) is 26.7 Å². The van der Waals surface area contributed by atoms with E-state index in [1.54, 1.807) is 11.8 Å². The normalized spacial score (nSPS) is 19.1. The monoisotopic (exact) mass is 548 g/mol. The molecule has 2 atom stereocenters. The third-order valence-electron chi connectivity index (χ3n) is 9.12. The zero-order chi connectivity index (χ0) is 28.3. The van der Waals surface area contributed by atoms with Crippen molar-refractivity contribution in [1.82, 2.24) is 30.0 Å². The number of H-pyrrole nitrogens is 1. The first-order valence-electron chi connectivity index (χ1n) is 15.0. The van der Waals surface area contributed by atoms with Gasteiger partial charge in [0.05, 0.1) is 30.6 Å². The average molecular weight is 549 g/mol. The lowest BCUT2D eigenvalue weighted by Gasteiger charge is -2.32. The number of nitrogens with zero attached hydrogens (tertiary/aromatic N) is 4. The summed E-state index contributed by atoms with van der Waals surface area (Å²) in [5.74, 6) is 2.06. The van der Waals surface area contributed by atoms with Gasteiger partial charge in [0, 0.05) is 43.0 Å². The van der Waals surface area contributed by atoms with E-state index in [1.807, 2.05) is 38.5 Å². The molecule has 3 aromatic rings. The van der Waals surface area contributed by atoms with Crippen LogP contribution >= 0.6 is 0 Å². The zero-order valence-corrected chi connectivity index (χ0v) is 24.5. The van der Waals surface area contributed by atoms with Crippen molar-refractivity contribution in [2.24, 2.45) is 18.4 Å². The molecule has 9 heteroatoms. The molecule has 2 N–H and O–H groups in total. The number of aryl methyl sites for hydroxylation is 1. The summed E-state index contributed by atoms with van der Waals surface area (Å²) in [6, 6.07) is 3.80. The van der Waals surface area contributed by atoms with E-state index in [9.17, 15) is 9.59 Å². The van der Waals surface area contributed by atoms with Gasteiger partial charge in [0.15, 0.2) is 0 Å². The standard InChI is InChI=1S/C31H44N6O3/c1-5-22(38)10-8-7-9-11-25(34-30(39)24-18-31(24)12-14-37(6-2)15-13-31)29-32-19-27(33-29)23-17-26-21(16-28(23)40-4)20-36(3)35-26/h16-17,19-20,24-25H,5-15,18H2,1-4H3,(H,32,33)(H,34,39)/t24-,25+/m1/s1. The van der Waals surface area contributed by atoms with Crippen LogP contribution in [0.25, 0.3) is 22.2 Å². The molecular weight excluding hydrogens is 504 g/mol. The Hall–Kier alpha value is -3.20. The molecule has 1 saturated carbocycles. The minimum atomic E-state index is -0.207. The highest BCUT2D eigenvalue weighted by molar-refractivity contribution is 5.87. The van der Waals surface area contributed by atoms with Crippen LogP contribution in [0.1, 0.15) is 83.5 Å². The van der Waals surface area contributed by atoms with E-state index in [1.165, 1.54) is 0 Å². The van der Waals surface area contributed by atoms with Gasteiger partial charge in [0.2, 0.25) is 5.91 Å². The number of aromatic nitrogens is 4. The molecule has 216 valence electrons. The molecule has 1 amide bonds. The number of hydrogen-bond donors (Lipinski definition) is 2. The van der Waals surface area contributed by atoms with Crippen LogP contribution in [-0.2, 0) is 16.6 Å². The number of Topliss-reactive ketones (excluding diaryl/α,β-unsaturated/α-hetero) is 1. The minimum absolute atomic E-state index is 0.0947. The fourth-order valence-electron chi connectivity index (χ4n) is 6.36. The maximum Gasteiger partial charge on any atom is 0.224 e. The Balaban J connectivity index is 1.31. The Morgan fingerprint density at radius 1 is 1.20 bits per heavy atom. The summed E-state index contributed by atoms with van der Waals surface area (Å²) < 4.78 is 7.50. The third-order valence-corrected chi connectivity index (χ3v) is 9.12. The molecular formula is C31H44N6O3. The van der Waals surface area contributed by atoms with Crippen molar-refractivity contribution in [3.63, 3.8) is 0 Å². The Labute approximate surface area is 237 Å². The SMILES string of the molecule is CCC(=O)CCCCC[C@H](NC(=O)[C@H]1CC12CCN(CC)CC2)c1ncc(-c2cc3nn(C)cc3cc2OC)[nH]1. The number of unbranched alkanes of at least 4 members (excludes halogenated alkanes) is 2. The highest BCUT2D eigenvalue weighted by atomic mass is 16.5. The number of rotatable bonds is 13. The predicted molar refractivity (Wildman–Crippen MR) is 156 cm³/mol. The van der Waals surface area contributed by atoms with Crippen molar-refractivity contribution in [1.29, 1.82) is 0 Å². The van der Waals surface area contributed by atoms with Gasteiger partial charge in [-0.25, -0.2) is 4.98 Å². The summed E-state index contributed by atoms with van der Waals surface area (Å²) in [4.78, 5) is 36.0. The summed E-state index contributed by atoms with van der Waals surface area (Å²) in [6.07, 6.45) is 11.8. The number of methoxy groups -OCH3 is 1. The molecule has 9 nitrogen and oxygen atoms in total. The smallest absolute Gasteiger partial charge is 0.224 e. The number of amides is 1. The summed E-state index contributed by atoms with van der Waals surface area (Å²) in [6.45, 7) is 7.38. The number of ether oxygens (including phenoxy) is 1. The van der Waals surface area contributed by atoms with Gasteiger partial charge in [-0.1, -0.05) is 26.7 Å². The van der Waals surface area contributed by atoms with Crippen LogP contribution in [0, 0.1) is 11.3 Å². The van der Waals surface area contributed by atoms with Crippen LogP contribution in [0.4, 0.5) is 0 Å². The number of benzene rings is 1. The number of nitrogens with one attached hydrogen (secondary N) is 2. The second kappa shape index (κ2) is 12.1. The van der Waals surface area contributed by atoms with Crippen LogP contribution in [0.5, 0.6) is 5.75 Å². The number of piperidine rings is 1. The minimum Gasteiger partial charge on any atom is -0.496 e. The lowest BCUT2D eigenvalue weighted by Crippen LogP contribution is -2.37. The third kappa shape index (κ3) is 6.09. The largest absolute Gasteiger partial charge is 0.496 e. The number of ketones is 1. The van der Waals surface area contributed by atoms with Gasteiger partial charge in [0.25, 0.3) is 0 Å². The average Bonchev–Trinajstić information content (AvgIpc) is 3.26. The maximum atomic E-state index is 13.5. The molecule has 2 fully saturated rings. The molecule has 2 aliphatic rings. The molecule has 1 aromatic carbocycles. The first-order valence-corrected chi connectivity index (χ1v) is 15.0. The molecule has 1 aliphatic heterocycles. The predicted octanol–water partition coefficient (Wildman–Crippen LogP) is 5.18. The molecule has 0 bridgehead atoms. The molecule has 3 heterocycles. The first-order chi connectivity index (χ1) is 19.4. The van der Waals surface area contributed by atoms with E-state index in [4.69, 9.17) is 9.72 Å². The van der Waals surface area contributed by atoms with E-state index >= 15 is 0 Å². The molecule has 2 aromatic heterocycles. The van der Waals surface area contributed by atoms with E-state index in [2.05, 4.69) is 27.2 Å². The van der Waals surface area contributed by atoms with E-state index < -0.39 is 0 Å². The Kier molecular flexibility index (Phi) is 8.59. The van der Waals surface area contributed by atoms with Gasteiger partial charge in [0.1, 0.15) is 17.4 Å². The fraction of sp³-hybridized carbons (Fsp3) is 0.613. The van der Waals surface area contributed by atoms with Gasteiger partial charge in [-0.05, 0) is 69.3 Å². The van der Waals surface area contributed by atoms with Gasteiger partial charge in [-0.15, -0.1) is 0 Å². The topological polar surface area (TPSA) is 105 Å². The Morgan fingerprint density at radius 2 is 2.00 bits per heavy atom. The number of carbonyl (C=O) groups excluding carboxylic acids is 2. The van der Waals surface area contributed by atoms with Crippen LogP contribution in [-0.4, -0.2) is 63.1 Å². The maximum absolute atomic E-state index is 13.5. The lowest BCUT2D eigenvalue weighted by molar-refractivity contribution is -0.124. The molecule has 5 rings (SSSR count). The van der Waals surface area contributed by atoms with Gasteiger partial charge < -0.3 is 19.9 Å². The summed E-state index contributed by atoms with van der Waals surface area (Å²) >= 11 is 0. The number of imidazole rings is 1. The molecule has 1 aliphatic carbocycles. The van der Waals surface area contributed by atoms with E-state index in [-0.39, 0.29) is 23.3 Å². The lowest BCUT2D eigenvalue weighted by atomic mass is 9.90. The molecule has 1 spiro atoms. The van der Waals surface area contributed by atoms with Crippen molar-refractivity contribution in [3.05, 3.63) is 30.4 Å². The first kappa shape index (κ1) is 28.3. The quantitative estimate of drug-likeness (QED) is 0.285. The molecule has 1 saturated heterocycles. The molecule has 40 heavy (non-hydrogen) atoms. The number of likely N-dealkylation sites (tertiary alicyclic amines) is 1. The molecule has 0 unspecified atom stereocenters. The van der Waals surface area contributed by atoms with Gasteiger partial charge in [-0.3, -0.25) is 14.3 Å². The number of fused-ring (bicyclic) bond motifs is 1. The zero-order valence-electron chi connectivity index (χ0n) is 24.5. The second-order valence-corrected chi connectivity index (χ2v) is 11.7. The van der Waals surface area contributed by atoms with Crippen molar-refractivity contribution >= 4 is 22.6 Å². The van der Waals surface area contributed by atoms with Crippen LogP contribution < -0.4 is 10.1 Å². The second-order valence-electron chi connectivity index (χ2n) is 11.7. The van der Waals surface area contributed by atoms with Gasteiger partial charge >= 0.3 is 0 Å². The van der Waals surface area contributed by atoms with Crippen molar-refractivity contribution in [2.45, 2.75) is 77.7 Å². The molecule has 0 radical (unpaired) electrons. The van der Waals surface area contributed by atoms with Crippen LogP contribution in [0.15, 0.2) is 24.5 Å². The summed E-state index contributed by atoms with van der Waals surface area (Å²) in [7, 11) is 3.57. The number of carbonyl (C=O) groups is 2. The van der Waals surface area contributed by atoms with Crippen LogP contribution in [0.3, 0.4) is 0 Å². The number of hydrogen-bond acceptors (Lipinski definition) is 6. The van der Waals surface area contributed by atoms with Crippen LogP contribution in [0.2, 0.25) is 0 Å². The van der Waals surface area contributed by atoms with E-state index in [0.717, 1.165) is 98.3 Å². The van der Waals surface area contributed by atoms with Crippen molar-refractivity contribution in [3.8, 4) is 17.0 Å². The van der Waals surface area contributed by atoms with E-state index in [0.29, 0.717) is 18.6 Å². The number of aromatic amines is 1. The van der Waals surface area contributed by atoms with Crippen molar-refractivity contribution < 1.29 is 14.3 Å². The summed E-state index contributed by atoms with van der Waals surface area (Å²) in [5.41, 5.74) is 2.79. The summed E-state index contributed by atoms with van der Waals surface area (Å²) in [5, 5.41) is 8.93. The fourth-order valence-corrected chi connectivity index (χ4v) is 6.36.